The Labute approximate surface area is 113 Å². The van der Waals surface area contributed by atoms with Gasteiger partial charge in [0.25, 0.3) is 0 Å². The first kappa shape index (κ1) is 13.8. The highest BCUT2D eigenvalue weighted by atomic mass is 16.4. The Morgan fingerprint density at radius 1 is 1.11 bits per heavy atom. The molecule has 0 bridgehead atoms. The van der Waals surface area contributed by atoms with Gasteiger partial charge in [0.2, 0.25) is 0 Å². The predicted octanol–water partition coefficient (Wildman–Crippen LogP) is 1.40. The van der Waals surface area contributed by atoms with E-state index in [0.29, 0.717) is 0 Å². The lowest BCUT2D eigenvalue weighted by atomic mass is 10.2. The van der Waals surface area contributed by atoms with Crippen LogP contribution in [0.3, 0.4) is 0 Å². The van der Waals surface area contributed by atoms with Crippen molar-refractivity contribution in [2.24, 2.45) is 0 Å². The minimum absolute atomic E-state index is 0.160. The summed E-state index contributed by atoms with van der Waals surface area (Å²) in [6.45, 7) is 4.64. The molecular weight excluding hydrogens is 240 g/mol. The SMILES string of the molecule is O=C(O)CN1CCN(C/C=C/c2ccccc2)CC1. The molecule has 0 unspecified atom stereocenters. The number of rotatable bonds is 5. The van der Waals surface area contributed by atoms with Crippen LogP contribution in [0.15, 0.2) is 36.4 Å². The maximum atomic E-state index is 10.6. The number of nitrogens with zero attached hydrogens (tertiary/aromatic N) is 2. The van der Waals surface area contributed by atoms with Crippen LogP contribution in [0.1, 0.15) is 5.56 Å². The Morgan fingerprint density at radius 3 is 2.37 bits per heavy atom. The summed E-state index contributed by atoms with van der Waals surface area (Å²) in [5.74, 6) is -0.738. The summed E-state index contributed by atoms with van der Waals surface area (Å²) in [5, 5.41) is 8.73. The van der Waals surface area contributed by atoms with Gasteiger partial charge in [-0.1, -0.05) is 42.5 Å². The van der Waals surface area contributed by atoms with Gasteiger partial charge in [0.05, 0.1) is 6.54 Å². The molecule has 1 aromatic carbocycles. The van der Waals surface area contributed by atoms with Crippen molar-refractivity contribution in [2.75, 3.05) is 39.3 Å². The van der Waals surface area contributed by atoms with Crippen molar-refractivity contribution in [1.29, 1.82) is 0 Å². The van der Waals surface area contributed by atoms with Gasteiger partial charge in [-0.15, -0.1) is 0 Å². The van der Waals surface area contributed by atoms with E-state index in [9.17, 15) is 4.79 Å². The summed E-state index contributed by atoms with van der Waals surface area (Å²) < 4.78 is 0. The molecule has 0 saturated carbocycles. The van der Waals surface area contributed by atoms with Gasteiger partial charge in [0, 0.05) is 32.7 Å². The zero-order valence-corrected chi connectivity index (χ0v) is 11.0. The van der Waals surface area contributed by atoms with Crippen molar-refractivity contribution in [3.05, 3.63) is 42.0 Å². The van der Waals surface area contributed by atoms with E-state index >= 15 is 0 Å². The zero-order valence-electron chi connectivity index (χ0n) is 11.0. The molecule has 1 aliphatic rings. The average molecular weight is 260 g/mol. The lowest BCUT2D eigenvalue weighted by molar-refractivity contribution is -0.138. The lowest BCUT2D eigenvalue weighted by Gasteiger charge is -2.33. The van der Waals surface area contributed by atoms with Crippen LogP contribution in [0.4, 0.5) is 0 Å². The largest absolute Gasteiger partial charge is 0.480 e. The second-order valence-electron chi connectivity index (χ2n) is 4.78. The van der Waals surface area contributed by atoms with Crippen molar-refractivity contribution in [1.82, 2.24) is 9.80 Å². The summed E-state index contributed by atoms with van der Waals surface area (Å²) >= 11 is 0. The fourth-order valence-corrected chi connectivity index (χ4v) is 2.22. The van der Waals surface area contributed by atoms with Gasteiger partial charge in [-0.3, -0.25) is 14.6 Å². The molecule has 1 aliphatic heterocycles. The predicted molar refractivity (Wildman–Crippen MR) is 76.0 cm³/mol. The van der Waals surface area contributed by atoms with Gasteiger partial charge in [0.1, 0.15) is 0 Å². The quantitative estimate of drug-likeness (QED) is 0.869. The lowest BCUT2D eigenvalue weighted by Crippen LogP contribution is -2.47. The van der Waals surface area contributed by atoms with E-state index in [2.05, 4.69) is 29.2 Å². The summed E-state index contributed by atoms with van der Waals surface area (Å²) in [5.41, 5.74) is 1.21. The van der Waals surface area contributed by atoms with Crippen molar-refractivity contribution < 1.29 is 9.90 Å². The number of carboxylic acid groups (broad SMARTS) is 1. The van der Waals surface area contributed by atoms with Crippen LogP contribution in [-0.2, 0) is 4.79 Å². The van der Waals surface area contributed by atoms with Crippen LogP contribution >= 0.6 is 0 Å². The first-order valence-electron chi connectivity index (χ1n) is 6.62. The third-order valence-corrected chi connectivity index (χ3v) is 3.30. The summed E-state index contributed by atoms with van der Waals surface area (Å²) in [7, 11) is 0. The molecule has 1 saturated heterocycles. The van der Waals surface area contributed by atoms with E-state index in [1.807, 2.05) is 23.1 Å². The maximum absolute atomic E-state index is 10.6. The van der Waals surface area contributed by atoms with E-state index in [0.717, 1.165) is 32.7 Å². The standard InChI is InChI=1S/C15H20N2O2/c18-15(19)13-17-11-9-16(10-12-17)8-4-7-14-5-2-1-3-6-14/h1-7H,8-13H2,(H,18,19)/b7-4+. The van der Waals surface area contributed by atoms with Gasteiger partial charge < -0.3 is 5.11 Å². The molecule has 0 aromatic heterocycles. The number of carboxylic acids is 1. The highest BCUT2D eigenvalue weighted by molar-refractivity contribution is 5.69. The number of aliphatic carboxylic acids is 1. The molecule has 1 N–H and O–H groups in total. The second kappa shape index (κ2) is 7.07. The number of carbonyl (C=O) groups is 1. The topological polar surface area (TPSA) is 43.8 Å². The van der Waals surface area contributed by atoms with Gasteiger partial charge in [-0.05, 0) is 5.56 Å². The first-order chi connectivity index (χ1) is 9.24. The van der Waals surface area contributed by atoms with Gasteiger partial charge in [0.15, 0.2) is 0 Å². The van der Waals surface area contributed by atoms with Gasteiger partial charge in [-0.25, -0.2) is 0 Å². The molecule has 4 nitrogen and oxygen atoms in total. The molecule has 4 heteroatoms. The van der Waals surface area contributed by atoms with Crippen molar-refractivity contribution in [3.63, 3.8) is 0 Å². The normalized spacial score (nSPS) is 17.9. The van der Waals surface area contributed by atoms with Crippen LogP contribution in [0.2, 0.25) is 0 Å². The van der Waals surface area contributed by atoms with E-state index < -0.39 is 5.97 Å². The molecule has 0 amide bonds. The number of benzene rings is 1. The Balaban J connectivity index is 1.71. The van der Waals surface area contributed by atoms with Crippen LogP contribution < -0.4 is 0 Å². The van der Waals surface area contributed by atoms with E-state index in [4.69, 9.17) is 5.11 Å². The van der Waals surface area contributed by atoms with E-state index in [-0.39, 0.29) is 6.54 Å². The van der Waals surface area contributed by atoms with Crippen LogP contribution in [0, 0.1) is 0 Å². The van der Waals surface area contributed by atoms with Crippen molar-refractivity contribution in [2.45, 2.75) is 0 Å². The van der Waals surface area contributed by atoms with Crippen molar-refractivity contribution >= 4 is 12.0 Å². The Bertz CT molecular complexity index is 423. The smallest absolute Gasteiger partial charge is 0.317 e. The molecule has 1 fully saturated rings. The molecular formula is C15H20N2O2. The molecule has 19 heavy (non-hydrogen) atoms. The third-order valence-electron chi connectivity index (χ3n) is 3.30. The molecule has 0 spiro atoms. The minimum atomic E-state index is -0.738. The van der Waals surface area contributed by atoms with Gasteiger partial charge >= 0.3 is 5.97 Å². The molecule has 2 rings (SSSR count). The fourth-order valence-electron chi connectivity index (χ4n) is 2.22. The monoisotopic (exact) mass is 260 g/mol. The Morgan fingerprint density at radius 2 is 1.74 bits per heavy atom. The molecule has 1 heterocycles. The first-order valence-corrected chi connectivity index (χ1v) is 6.62. The molecule has 102 valence electrons. The summed E-state index contributed by atoms with van der Waals surface area (Å²) in [6, 6.07) is 10.2. The summed E-state index contributed by atoms with van der Waals surface area (Å²) in [4.78, 5) is 14.9. The van der Waals surface area contributed by atoms with E-state index in [1.54, 1.807) is 0 Å². The number of hydrogen-bond donors (Lipinski definition) is 1. The highest BCUT2D eigenvalue weighted by Gasteiger charge is 2.17. The minimum Gasteiger partial charge on any atom is -0.480 e. The molecule has 1 aromatic rings. The third kappa shape index (κ3) is 4.85. The number of hydrogen-bond acceptors (Lipinski definition) is 3. The van der Waals surface area contributed by atoms with Crippen LogP contribution in [0.25, 0.3) is 6.08 Å². The molecule has 0 atom stereocenters. The maximum Gasteiger partial charge on any atom is 0.317 e. The fraction of sp³-hybridized carbons (Fsp3) is 0.400. The summed E-state index contributed by atoms with van der Waals surface area (Å²) in [6.07, 6.45) is 4.30. The van der Waals surface area contributed by atoms with E-state index in [1.165, 1.54) is 5.56 Å². The van der Waals surface area contributed by atoms with Crippen molar-refractivity contribution in [3.8, 4) is 0 Å². The molecule has 0 aliphatic carbocycles. The Hall–Kier alpha value is -1.65. The second-order valence-corrected chi connectivity index (χ2v) is 4.78. The van der Waals surface area contributed by atoms with Crippen LogP contribution in [0.5, 0.6) is 0 Å². The zero-order chi connectivity index (χ0) is 13.5. The highest BCUT2D eigenvalue weighted by Crippen LogP contribution is 2.04. The Kier molecular flexibility index (Phi) is 5.12. The number of piperazine rings is 1. The average Bonchev–Trinajstić information content (AvgIpc) is 2.41. The molecule has 0 radical (unpaired) electrons. The van der Waals surface area contributed by atoms with Gasteiger partial charge in [-0.2, -0.15) is 0 Å². The van der Waals surface area contributed by atoms with Crippen LogP contribution in [-0.4, -0.2) is 60.1 Å².